The van der Waals surface area contributed by atoms with Crippen LogP contribution in [-0.2, 0) is 27.3 Å². The Balaban J connectivity index is 1.90. The Kier molecular flexibility index (Phi) is 6.67. The molecule has 1 aromatic rings. The summed E-state index contributed by atoms with van der Waals surface area (Å²) >= 11 is 3.11. The third-order valence-corrected chi connectivity index (χ3v) is 7.25. The Labute approximate surface area is 174 Å². The number of likely N-dealkylation sites (N-methyl/N-ethyl adjacent to an activating group) is 1. The highest BCUT2D eigenvalue weighted by molar-refractivity contribution is 8.00. The summed E-state index contributed by atoms with van der Waals surface area (Å²) < 4.78 is 5.16. The average Bonchev–Trinajstić information content (AvgIpc) is 3.00. The molecule has 0 fully saturated rings. The first-order valence-corrected chi connectivity index (χ1v) is 11.3. The smallest absolute Gasteiger partial charge is 0.257 e. The van der Waals surface area contributed by atoms with Crippen LogP contribution in [0.3, 0.4) is 0 Å². The molecule has 0 saturated carbocycles. The van der Waals surface area contributed by atoms with Crippen LogP contribution >= 0.6 is 23.1 Å². The summed E-state index contributed by atoms with van der Waals surface area (Å²) in [5.74, 6) is 0.379. The normalized spacial score (nSPS) is 17.1. The van der Waals surface area contributed by atoms with E-state index in [-0.39, 0.29) is 24.3 Å². The van der Waals surface area contributed by atoms with Crippen molar-refractivity contribution in [3.05, 3.63) is 16.0 Å². The Morgan fingerprint density at radius 1 is 1.29 bits per heavy atom. The van der Waals surface area contributed by atoms with Crippen LogP contribution in [0.1, 0.15) is 34.6 Å². The zero-order valence-corrected chi connectivity index (χ0v) is 18.5. The molecule has 0 N–H and O–H groups in total. The van der Waals surface area contributed by atoms with Crippen molar-refractivity contribution >= 4 is 45.8 Å². The molecule has 0 aliphatic carbocycles. The second-order valence-electron chi connectivity index (χ2n) is 7.31. The number of hydrogen-bond acceptors (Lipinski definition) is 6. The molecule has 28 heavy (non-hydrogen) atoms. The standard InChI is InChI=1S/C19H27N3O4S2/c1-12(2)27-11-16(24)21-6-5-13-14(9-21)28-19-17(13)18(25)20(3)10-15(23)22(19)7-8-26-4/h12H,5-11H2,1-4H3. The molecular weight excluding hydrogens is 398 g/mol. The van der Waals surface area contributed by atoms with Crippen molar-refractivity contribution in [2.24, 2.45) is 0 Å². The molecule has 154 valence electrons. The summed E-state index contributed by atoms with van der Waals surface area (Å²) in [5, 5.41) is 1.11. The molecule has 3 rings (SSSR count). The van der Waals surface area contributed by atoms with Crippen molar-refractivity contribution in [1.29, 1.82) is 0 Å². The molecule has 0 spiro atoms. The van der Waals surface area contributed by atoms with Gasteiger partial charge in [0.25, 0.3) is 5.91 Å². The second kappa shape index (κ2) is 8.84. The minimum atomic E-state index is -0.115. The summed E-state index contributed by atoms with van der Waals surface area (Å²) in [7, 11) is 3.26. The fourth-order valence-electron chi connectivity index (χ4n) is 3.41. The van der Waals surface area contributed by atoms with Crippen molar-refractivity contribution in [2.45, 2.75) is 32.1 Å². The summed E-state index contributed by atoms with van der Waals surface area (Å²) in [6.07, 6.45) is 0.644. The number of carbonyl (C=O) groups excluding carboxylic acids is 3. The number of methoxy groups -OCH3 is 1. The average molecular weight is 426 g/mol. The number of nitrogens with zero attached hydrogens (tertiary/aromatic N) is 3. The van der Waals surface area contributed by atoms with E-state index >= 15 is 0 Å². The lowest BCUT2D eigenvalue weighted by Crippen LogP contribution is -2.39. The quantitative estimate of drug-likeness (QED) is 0.696. The van der Waals surface area contributed by atoms with Gasteiger partial charge in [0.2, 0.25) is 11.8 Å². The van der Waals surface area contributed by atoms with Gasteiger partial charge in [-0.15, -0.1) is 23.1 Å². The Morgan fingerprint density at radius 3 is 2.71 bits per heavy atom. The summed E-state index contributed by atoms with van der Waals surface area (Å²) in [6.45, 7) is 6.16. The van der Waals surface area contributed by atoms with E-state index in [1.807, 2.05) is 4.90 Å². The summed E-state index contributed by atoms with van der Waals surface area (Å²) in [6, 6.07) is 0. The Bertz CT molecular complexity index is 777. The van der Waals surface area contributed by atoms with Gasteiger partial charge in [-0.3, -0.25) is 19.3 Å². The number of fused-ring (bicyclic) bond motifs is 3. The van der Waals surface area contributed by atoms with Crippen molar-refractivity contribution in [3.63, 3.8) is 0 Å². The number of thioether (sulfide) groups is 1. The molecule has 0 radical (unpaired) electrons. The summed E-state index contributed by atoms with van der Waals surface area (Å²) in [5.41, 5.74) is 1.63. The minimum Gasteiger partial charge on any atom is -0.383 e. The molecule has 2 aliphatic rings. The van der Waals surface area contributed by atoms with Crippen LogP contribution < -0.4 is 4.90 Å². The van der Waals surface area contributed by atoms with Crippen LogP contribution in [0.5, 0.6) is 0 Å². The van der Waals surface area contributed by atoms with Crippen molar-refractivity contribution in [2.75, 3.05) is 51.1 Å². The number of hydrogen-bond donors (Lipinski definition) is 0. The van der Waals surface area contributed by atoms with Gasteiger partial charge in [-0.05, 0) is 17.2 Å². The lowest BCUT2D eigenvalue weighted by atomic mass is 10.0. The molecule has 0 aromatic carbocycles. The van der Waals surface area contributed by atoms with Gasteiger partial charge in [-0.1, -0.05) is 13.8 Å². The minimum absolute atomic E-state index is 0.0652. The van der Waals surface area contributed by atoms with E-state index in [1.165, 1.54) is 16.2 Å². The zero-order chi connectivity index (χ0) is 20.4. The van der Waals surface area contributed by atoms with Crippen LogP contribution in [0, 0.1) is 0 Å². The van der Waals surface area contributed by atoms with Crippen molar-refractivity contribution in [1.82, 2.24) is 9.80 Å². The summed E-state index contributed by atoms with van der Waals surface area (Å²) in [4.78, 5) is 44.2. The second-order valence-corrected chi connectivity index (χ2v) is 9.96. The van der Waals surface area contributed by atoms with Gasteiger partial charge >= 0.3 is 0 Å². The predicted octanol–water partition coefficient (Wildman–Crippen LogP) is 1.84. The molecule has 0 atom stereocenters. The first-order valence-electron chi connectivity index (χ1n) is 9.42. The van der Waals surface area contributed by atoms with Crippen LogP contribution in [-0.4, -0.2) is 78.9 Å². The van der Waals surface area contributed by atoms with Crippen molar-refractivity contribution < 1.29 is 19.1 Å². The fraction of sp³-hybridized carbons (Fsp3) is 0.632. The van der Waals surface area contributed by atoms with E-state index in [0.29, 0.717) is 54.2 Å². The van der Waals surface area contributed by atoms with E-state index in [4.69, 9.17) is 4.74 Å². The van der Waals surface area contributed by atoms with Gasteiger partial charge in [-0.25, -0.2) is 0 Å². The molecule has 0 unspecified atom stereocenters. The number of ether oxygens (including phenoxy) is 1. The van der Waals surface area contributed by atoms with E-state index < -0.39 is 0 Å². The van der Waals surface area contributed by atoms with E-state index in [9.17, 15) is 14.4 Å². The highest BCUT2D eigenvalue weighted by Gasteiger charge is 2.37. The molecular formula is C19H27N3O4S2. The maximum atomic E-state index is 13.0. The number of rotatable bonds is 6. The lowest BCUT2D eigenvalue weighted by Gasteiger charge is -2.27. The van der Waals surface area contributed by atoms with Gasteiger partial charge in [0.05, 0.1) is 31.0 Å². The van der Waals surface area contributed by atoms with Crippen LogP contribution in [0.2, 0.25) is 0 Å². The number of carbonyl (C=O) groups is 3. The molecule has 0 bridgehead atoms. The lowest BCUT2D eigenvalue weighted by molar-refractivity contribution is -0.129. The van der Waals surface area contributed by atoms with E-state index in [2.05, 4.69) is 13.8 Å². The number of anilines is 1. The van der Waals surface area contributed by atoms with Gasteiger partial charge in [-0.2, -0.15) is 0 Å². The highest BCUT2D eigenvalue weighted by atomic mass is 32.2. The third kappa shape index (κ3) is 4.21. The maximum absolute atomic E-state index is 13.0. The van der Waals surface area contributed by atoms with Crippen molar-refractivity contribution in [3.8, 4) is 0 Å². The first kappa shape index (κ1) is 21.1. The maximum Gasteiger partial charge on any atom is 0.257 e. The molecule has 9 heteroatoms. The van der Waals surface area contributed by atoms with Gasteiger partial charge < -0.3 is 14.5 Å². The predicted molar refractivity (Wildman–Crippen MR) is 112 cm³/mol. The van der Waals surface area contributed by atoms with Crippen LogP contribution in [0.15, 0.2) is 0 Å². The first-order chi connectivity index (χ1) is 13.3. The van der Waals surface area contributed by atoms with E-state index in [0.717, 1.165) is 10.4 Å². The number of thiophene rings is 1. The zero-order valence-electron chi connectivity index (χ0n) is 16.8. The van der Waals surface area contributed by atoms with Gasteiger partial charge in [0.1, 0.15) is 11.5 Å². The Morgan fingerprint density at radius 2 is 2.04 bits per heavy atom. The van der Waals surface area contributed by atoms with Crippen LogP contribution in [0.25, 0.3) is 0 Å². The topological polar surface area (TPSA) is 70.2 Å². The number of amides is 3. The fourth-order valence-corrected chi connectivity index (χ4v) is 5.47. The molecule has 2 aliphatic heterocycles. The molecule has 3 amide bonds. The van der Waals surface area contributed by atoms with E-state index in [1.54, 1.807) is 30.8 Å². The SMILES string of the molecule is COCCN1C(=O)CN(C)C(=O)c2c1sc1c2CCN(C(=O)CSC(C)C)C1. The molecule has 3 heterocycles. The molecule has 0 saturated heterocycles. The molecule has 7 nitrogen and oxygen atoms in total. The highest BCUT2D eigenvalue weighted by Crippen LogP contribution is 2.41. The van der Waals surface area contributed by atoms with Gasteiger partial charge in [0, 0.05) is 25.6 Å². The van der Waals surface area contributed by atoms with Crippen LogP contribution in [0.4, 0.5) is 5.00 Å². The molecule has 1 aromatic heterocycles. The monoisotopic (exact) mass is 425 g/mol. The third-order valence-electron chi connectivity index (χ3n) is 4.93. The Hall–Kier alpha value is -1.58. The van der Waals surface area contributed by atoms with Gasteiger partial charge in [0.15, 0.2) is 0 Å². The largest absolute Gasteiger partial charge is 0.383 e.